The van der Waals surface area contributed by atoms with Crippen LogP contribution in [0.3, 0.4) is 0 Å². The number of pyridine rings is 1. The van der Waals surface area contributed by atoms with E-state index in [0.717, 1.165) is 18.9 Å². The molecule has 1 aromatic heterocycles. The number of halogens is 6. The normalized spacial score (nSPS) is 19.0. The molecule has 1 amide bonds. The van der Waals surface area contributed by atoms with Gasteiger partial charge in [0.1, 0.15) is 17.3 Å². The van der Waals surface area contributed by atoms with Gasteiger partial charge in [0.15, 0.2) is 0 Å². The number of alkyl halides is 5. The summed E-state index contributed by atoms with van der Waals surface area (Å²) in [6.45, 7) is 5.06. The van der Waals surface area contributed by atoms with E-state index in [1.54, 1.807) is 9.47 Å². The number of aromatic carboxylic acids is 1. The van der Waals surface area contributed by atoms with Crippen molar-refractivity contribution in [1.82, 2.24) is 9.47 Å². The Bertz CT molecular complexity index is 1470. The first-order valence-corrected chi connectivity index (χ1v) is 14.0. The van der Waals surface area contributed by atoms with E-state index < -0.39 is 64.1 Å². The number of nitrogens with two attached hydrogens (primary N) is 1. The molecule has 43 heavy (non-hydrogen) atoms. The van der Waals surface area contributed by atoms with Crippen molar-refractivity contribution < 1.29 is 41.0 Å². The van der Waals surface area contributed by atoms with E-state index in [4.69, 9.17) is 5.73 Å². The molecule has 8 nitrogen and oxygen atoms in total. The van der Waals surface area contributed by atoms with Gasteiger partial charge >= 0.3 is 12.1 Å². The Labute approximate surface area is 244 Å². The third-order valence-electron chi connectivity index (χ3n) is 8.35. The molecular formula is C29H36F6N4O4. The molecule has 2 aromatic rings. The first kappa shape index (κ1) is 32.6. The topological polar surface area (TPSA) is 109 Å². The Hall–Kier alpha value is -3.29. The van der Waals surface area contributed by atoms with Gasteiger partial charge in [-0.25, -0.2) is 18.0 Å². The number of hydrogen-bond acceptors (Lipinski definition) is 5. The summed E-state index contributed by atoms with van der Waals surface area (Å²) >= 11 is 0. The van der Waals surface area contributed by atoms with E-state index in [9.17, 15) is 41.4 Å². The maximum Gasteiger partial charge on any atom is 0.397 e. The second-order valence-corrected chi connectivity index (χ2v) is 12.9. The van der Waals surface area contributed by atoms with Crippen LogP contribution in [0.2, 0.25) is 0 Å². The Kier molecular flexibility index (Phi) is 8.35. The lowest BCUT2D eigenvalue weighted by molar-refractivity contribution is -0.241. The zero-order valence-corrected chi connectivity index (χ0v) is 24.4. The van der Waals surface area contributed by atoms with Crippen molar-refractivity contribution in [3.05, 3.63) is 39.9 Å². The molecule has 0 bridgehead atoms. The van der Waals surface area contributed by atoms with Crippen molar-refractivity contribution in [3.63, 3.8) is 0 Å². The van der Waals surface area contributed by atoms with E-state index in [1.807, 2.05) is 0 Å². The minimum Gasteiger partial charge on any atom is -0.477 e. The van der Waals surface area contributed by atoms with E-state index in [0.29, 0.717) is 12.4 Å². The number of carbonyl (C=O) groups excluding carboxylic acids is 1. The van der Waals surface area contributed by atoms with E-state index in [1.165, 1.54) is 37.9 Å². The van der Waals surface area contributed by atoms with Crippen molar-refractivity contribution in [2.24, 2.45) is 17.1 Å². The average Bonchev–Trinajstić information content (AvgIpc) is 3.71. The molecule has 1 aliphatic carbocycles. The molecule has 2 heterocycles. The summed E-state index contributed by atoms with van der Waals surface area (Å²) in [7, 11) is 0. The summed E-state index contributed by atoms with van der Waals surface area (Å²) in [5, 5.41) is 9.40. The van der Waals surface area contributed by atoms with Gasteiger partial charge in [-0.3, -0.25) is 9.59 Å². The molecule has 0 radical (unpaired) electrons. The van der Waals surface area contributed by atoms with Crippen molar-refractivity contribution >= 4 is 28.5 Å². The minimum absolute atomic E-state index is 0.00270. The number of fused-ring (bicyclic) bond motifs is 1. The highest BCUT2D eigenvalue weighted by molar-refractivity contribution is 5.93. The fraction of sp³-hybridized carbons (Fsp3) is 0.621. The van der Waals surface area contributed by atoms with Crippen molar-refractivity contribution in [3.8, 4) is 0 Å². The zero-order valence-electron chi connectivity index (χ0n) is 24.4. The van der Waals surface area contributed by atoms with Gasteiger partial charge in [-0.05, 0) is 50.7 Å². The number of hydrogen-bond donors (Lipinski definition) is 2. The summed E-state index contributed by atoms with van der Waals surface area (Å²) in [4.78, 5) is 40.8. The van der Waals surface area contributed by atoms with Crippen LogP contribution in [-0.4, -0.2) is 70.3 Å². The molecule has 238 valence electrons. The molecular weight excluding hydrogens is 582 g/mol. The number of benzene rings is 1. The molecule has 0 spiro atoms. The Morgan fingerprint density at radius 2 is 1.60 bits per heavy atom. The molecule has 1 aliphatic heterocycles. The standard InChI is InChI=1S/C29H36F6N4O4/c1-16(29(33,34)35)28(31,32)15-26(2,3)14-27(4,36)25(43)38-9-7-37(8-10-38)22-12-21-18(11-20(22)30)23(40)19(24(41)42)13-39(21)17-5-6-17/h11-13,16-17H,5-10,14-15,36H2,1-4H3,(H,41,42). The highest BCUT2D eigenvalue weighted by Crippen LogP contribution is 2.46. The molecule has 2 unspecified atom stereocenters. The largest absolute Gasteiger partial charge is 0.477 e. The second kappa shape index (κ2) is 11.0. The van der Waals surface area contributed by atoms with Crippen LogP contribution in [0.15, 0.2) is 23.1 Å². The lowest BCUT2D eigenvalue weighted by atomic mass is 9.73. The number of aromatic nitrogens is 1. The summed E-state index contributed by atoms with van der Waals surface area (Å²) < 4.78 is 84.9. The van der Waals surface area contributed by atoms with Crippen LogP contribution in [0.25, 0.3) is 10.9 Å². The molecule has 1 aromatic carbocycles. The molecule has 1 saturated carbocycles. The molecule has 2 aliphatic rings. The monoisotopic (exact) mass is 618 g/mol. The predicted molar refractivity (Wildman–Crippen MR) is 148 cm³/mol. The van der Waals surface area contributed by atoms with E-state index in [-0.39, 0.29) is 49.7 Å². The van der Waals surface area contributed by atoms with Gasteiger partial charge in [-0.2, -0.15) is 13.2 Å². The first-order valence-electron chi connectivity index (χ1n) is 14.0. The lowest BCUT2D eigenvalue weighted by Crippen LogP contribution is -2.59. The quantitative estimate of drug-likeness (QED) is 0.375. The summed E-state index contributed by atoms with van der Waals surface area (Å²) in [5.41, 5.74) is 2.58. The van der Waals surface area contributed by atoms with Gasteiger partial charge in [0.05, 0.1) is 16.7 Å². The molecule has 2 fully saturated rings. The third kappa shape index (κ3) is 6.78. The van der Waals surface area contributed by atoms with Crippen LogP contribution in [0.1, 0.15) is 69.8 Å². The highest BCUT2D eigenvalue weighted by Gasteiger charge is 2.55. The number of rotatable bonds is 9. The van der Waals surface area contributed by atoms with Gasteiger partial charge in [-0.15, -0.1) is 0 Å². The lowest BCUT2D eigenvalue weighted by Gasteiger charge is -2.42. The number of nitrogens with zero attached hydrogens (tertiary/aromatic N) is 3. The SMILES string of the molecule is CC(C(F)(F)F)C(F)(F)CC(C)(C)CC(C)(N)C(=O)N1CCN(c2cc3c(cc2F)c(=O)c(C(=O)O)cn3C2CC2)CC1. The van der Waals surface area contributed by atoms with Gasteiger partial charge in [0.2, 0.25) is 11.3 Å². The fourth-order valence-electron chi connectivity index (χ4n) is 6.08. The maximum absolute atomic E-state index is 15.3. The van der Waals surface area contributed by atoms with Gasteiger partial charge < -0.3 is 25.2 Å². The van der Waals surface area contributed by atoms with E-state index >= 15 is 4.39 Å². The van der Waals surface area contributed by atoms with Gasteiger partial charge in [0.25, 0.3) is 5.92 Å². The van der Waals surface area contributed by atoms with Crippen LogP contribution in [0, 0.1) is 17.2 Å². The van der Waals surface area contributed by atoms with Crippen LogP contribution < -0.4 is 16.1 Å². The Balaban J connectivity index is 1.48. The fourth-order valence-corrected chi connectivity index (χ4v) is 6.08. The average molecular weight is 619 g/mol. The third-order valence-corrected chi connectivity index (χ3v) is 8.35. The van der Waals surface area contributed by atoms with Crippen LogP contribution in [0.4, 0.5) is 32.0 Å². The van der Waals surface area contributed by atoms with Crippen molar-refractivity contribution in [1.29, 1.82) is 0 Å². The number of amides is 1. The number of anilines is 1. The van der Waals surface area contributed by atoms with Crippen molar-refractivity contribution in [2.75, 3.05) is 31.1 Å². The molecule has 2 atom stereocenters. The molecule has 1 saturated heterocycles. The van der Waals surface area contributed by atoms with Gasteiger partial charge in [0, 0.05) is 50.2 Å². The van der Waals surface area contributed by atoms with Crippen LogP contribution >= 0.6 is 0 Å². The van der Waals surface area contributed by atoms with Crippen LogP contribution in [-0.2, 0) is 4.79 Å². The maximum atomic E-state index is 15.3. The number of carboxylic acids is 1. The highest BCUT2D eigenvalue weighted by atomic mass is 19.4. The summed E-state index contributed by atoms with van der Waals surface area (Å²) in [6.07, 6.45) is -3.63. The molecule has 4 rings (SSSR count). The molecule has 3 N–H and O–H groups in total. The first-order chi connectivity index (χ1) is 19.6. The predicted octanol–water partition coefficient (Wildman–Crippen LogP) is 5.18. The zero-order chi connectivity index (χ0) is 32.3. The summed E-state index contributed by atoms with van der Waals surface area (Å²) in [5.74, 6) is -9.60. The number of carboxylic acid groups (broad SMARTS) is 1. The number of piperazine rings is 1. The Morgan fingerprint density at radius 3 is 2.12 bits per heavy atom. The second-order valence-electron chi connectivity index (χ2n) is 12.9. The number of carbonyl (C=O) groups is 2. The van der Waals surface area contributed by atoms with Gasteiger partial charge in [-0.1, -0.05) is 13.8 Å². The Morgan fingerprint density at radius 1 is 1.02 bits per heavy atom. The summed E-state index contributed by atoms with van der Waals surface area (Å²) in [6, 6.07) is 2.53. The smallest absolute Gasteiger partial charge is 0.397 e. The van der Waals surface area contributed by atoms with Crippen molar-refractivity contribution in [2.45, 2.75) is 77.1 Å². The minimum atomic E-state index is -5.08. The van der Waals surface area contributed by atoms with E-state index in [2.05, 4.69) is 0 Å². The van der Waals surface area contributed by atoms with Crippen LogP contribution in [0.5, 0.6) is 0 Å². The molecule has 14 heteroatoms.